The van der Waals surface area contributed by atoms with Crippen LogP contribution in [0.15, 0.2) is 90.0 Å². The van der Waals surface area contributed by atoms with Crippen LogP contribution in [0.4, 0.5) is 5.69 Å². The zero-order chi connectivity index (χ0) is 28.2. The van der Waals surface area contributed by atoms with E-state index in [0.717, 1.165) is 23.9 Å². The van der Waals surface area contributed by atoms with Crippen molar-refractivity contribution in [1.29, 1.82) is 0 Å². The van der Waals surface area contributed by atoms with E-state index in [9.17, 15) is 18.3 Å². The van der Waals surface area contributed by atoms with Crippen molar-refractivity contribution >= 4 is 32.5 Å². The molecule has 0 aliphatic rings. The molecule has 1 aromatic heterocycles. The summed E-state index contributed by atoms with van der Waals surface area (Å²) in [6.07, 6.45) is 2.02. The molecule has 0 saturated heterocycles. The Kier molecular flexibility index (Phi) is 8.44. The number of aliphatic hydroxyl groups is 1. The van der Waals surface area contributed by atoms with Gasteiger partial charge in [0.05, 0.1) is 11.0 Å². The van der Waals surface area contributed by atoms with Gasteiger partial charge in [0, 0.05) is 61.1 Å². The lowest BCUT2D eigenvalue weighted by Gasteiger charge is -2.28. The van der Waals surface area contributed by atoms with Crippen LogP contribution < -0.4 is 10.0 Å². The van der Waals surface area contributed by atoms with Crippen molar-refractivity contribution in [2.75, 3.05) is 25.4 Å². The summed E-state index contributed by atoms with van der Waals surface area (Å²) < 4.78 is 30.1. The van der Waals surface area contributed by atoms with E-state index in [2.05, 4.69) is 28.5 Å². The lowest BCUT2D eigenvalue weighted by molar-refractivity contribution is 0.0827. The van der Waals surface area contributed by atoms with E-state index in [-0.39, 0.29) is 16.3 Å². The SMILES string of the molecule is CN(C)C(=O)c1ccc2c(ccn2CCC(C)(C)NCC(O)c2cccc(NS(=O)(=O)c3ccccc3)c2)c1. The van der Waals surface area contributed by atoms with E-state index in [1.165, 1.54) is 12.1 Å². The van der Waals surface area contributed by atoms with E-state index in [0.29, 0.717) is 23.4 Å². The molecule has 8 nitrogen and oxygen atoms in total. The summed E-state index contributed by atoms with van der Waals surface area (Å²) in [5, 5.41) is 15.3. The Labute approximate surface area is 230 Å². The van der Waals surface area contributed by atoms with Crippen molar-refractivity contribution in [3.63, 3.8) is 0 Å². The Morgan fingerprint density at radius 2 is 1.74 bits per heavy atom. The molecule has 206 valence electrons. The molecule has 0 saturated carbocycles. The average molecular weight is 549 g/mol. The zero-order valence-electron chi connectivity index (χ0n) is 22.8. The second kappa shape index (κ2) is 11.6. The largest absolute Gasteiger partial charge is 0.387 e. The Bertz CT molecular complexity index is 1550. The van der Waals surface area contributed by atoms with Gasteiger partial charge in [-0.15, -0.1) is 0 Å². The van der Waals surface area contributed by atoms with Crippen LogP contribution in [0.5, 0.6) is 0 Å². The number of hydrogen-bond acceptors (Lipinski definition) is 5. The van der Waals surface area contributed by atoms with Gasteiger partial charge in [-0.25, -0.2) is 8.42 Å². The van der Waals surface area contributed by atoms with Crippen LogP contribution in [0.1, 0.15) is 42.3 Å². The molecule has 3 N–H and O–H groups in total. The Morgan fingerprint density at radius 3 is 2.46 bits per heavy atom. The van der Waals surface area contributed by atoms with Gasteiger partial charge in [0.25, 0.3) is 15.9 Å². The molecule has 4 rings (SSSR count). The molecule has 0 fully saturated rings. The van der Waals surface area contributed by atoms with Gasteiger partial charge in [0.1, 0.15) is 0 Å². The molecule has 9 heteroatoms. The Morgan fingerprint density at radius 1 is 1.00 bits per heavy atom. The van der Waals surface area contributed by atoms with Crippen LogP contribution in [-0.4, -0.2) is 55.1 Å². The highest BCUT2D eigenvalue weighted by molar-refractivity contribution is 7.92. The monoisotopic (exact) mass is 548 g/mol. The van der Waals surface area contributed by atoms with Gasteiger partial charge >= 0.3 is 0 Å². The standard InChI is InChI=1S/C30H36N4O4S/c1-30(2,16-18-34-17-15-22-19-24(13-14-27(22)34)29(36)33(3)4)31-21-28(35)23-9-8-10-25(20-23)32-39(37,38)26-11-6-5-7-12-26/h5-15,17,19-20,28,31-32,35H,16,18,21H2,1-4H3. The maximum absolute atomic E-state index is 12.7. The van der Waals surface area contributed by atoms with Crippen LogP contribution >= 0.6 is 0 Å². The number of nitrogens with zero attached hydrogens (tertiary/aromatic N) is 2. The highest BCUT2D eigenvalue weighted by Crippen LogP contribution is 2.23. The third kappa shape index (κ3) is 7.06. The van der Waals surface area contributed by atoms with Crippen molar-refractivity contribution in [1.82, 2.24) is 14.8 Å². The molecule has 1 atom stereocenters. The predicted octanol–water partition coefficient (Wildman–Crippen LogP) is 4.64. The molecule has 0 radical (unpaired) electrons. The number of aliphatic hydroxyl groups excluding tert-OH is 1. The number of nitrogens with one attached hydrogen (secondary N) is 2. The first-order valence-corrected chi connectivity index (χ1v) is 14.3. The molecule has 39 heavy (non-hydrogen) atoms. The Hall–Kier alpha value is -3.66. The van der Waals surface area contributed by atoms with Gasteiger partial charge in [-0.3, -0.25) is 9.52 Å². The van der Waals surface area contributed by atoms with E-state index in [1.54, 1.807) is 61.5 Å². The van der Waals surface area contributed by atoms with Gasteiger partial charge < -0.3 is 19.9 Å². The number of sulfonamides is 1. The molecule has 0 aliphatic carbocycles. The summed E-state index contributed by atoms with van der Waals surface area (Å²) in [5.41, 5.74) is 2.47. The minimum absolute atomic E-state index is 0.0207. The summed E-state index contributed by atoms with van der Waals surface area (Å²) in [4.78, 5) is 14.0. The maximum Gasteiger partial charge on any atom is 0.261 e. The third-order valence-corrected chi connectivity index (χ3v) is 8.15. The summed E-state index contributed by atoms with van der Waals surface area (Å²) in [5.74, 6) is -0.0207. The average Bonchev–Trinajstić information content (AvgIpc) is 3.33. The quantitative estimate of drug-likeness (QED) is 0.253. The molecule has 1 heterocycles. The van der Waals surface area contributed by atoms with Crippen LogP contribution in [0, 0.1) is 0 Å². The fourth-order valence-corrected chi connectivity index (χ4v) is 5.46. The van der Waals surface area contributed by atoms with Gasteiger partial charge in [-0.1, -0.05) is 30.3 Å². The Balaban J connectivity index is 1.35. The number of rotatable bonds is 11. The van der Waals surface area contributed by atoms with Crippen molar-refractivity contribution in [2.24, 2.45) is 0 Å². The summed E-state index contributed by atoms with van der Waals surface area (Å²) in [6, 6.07) is 22.8. The number of amides is 1. The van der Waals surface area contributed by atoms with Gasteiger partial charge in [-0.2, -0.15) is 0 Å². The topological polar surface area (TPSA) is 104 Å². The molecule has 3 aromatic carbocycles. The number of aryl methyl sites for hydroxylation is 1. The van der Waals surface area contributed by atoms with Crippen molar-refractivity contribution in [3.05, 3.63) is 96.2 Å². The fraction of sp³-hybridized carbons (Fsp3) is 0.300. The van der Waals surface area contributed by atoms with E-state index in [4.69, 9.17) is 0 Å². The number of aromatic nitrogens is 1. The van der Waals surface area contributed by atoms with E-state index >= 15 is 0 Å². The molecule has 0 aliphatic heterocycles. The smallest absolute Gasteiger partial charge is 0.261 e. The summed E-state index contributed by atoms with van der Waals surface area (Å²) >= 11 is 0. The number of carbonyl (C=O) groups is 1. The van der Waals surface area contributed by atoms with Crippen LogP contribution in [-0.2, 0) is 16.6 Å². The van der Waals surface area contributed by atoms with Crippen molar-refractivity contribution in [2.45, 2.75) is 43.4 Å². The predicted molar refractivity (Wildman–Crippen MR) is 155 cm³/mol. The first-order chi connectivity index (χ1) is 18.4. The first-order valence-electron chi connectivity index (χ1n) is 12.9. The molecular weight excluding hydrogens is 512 g/mol. The lowest BCUT2D eigenvalue weighted by Crippen LogP contribution is -2.42. The maximum atomic E-state index is 12.7. The summed E-state index contributed by atoms with van der Waals surface area (Å²) in [7, 11) is -0.227. The molecular formula is C30H36N4O4S. The second-order valence-electron chi connectivity index (χ2n) is 10.6. The highest BCUT2D eigenvalue weighted by Gasteiger charge is 2.21. The molecule has 4 aromatic rings. The van der Waals surface area contributed by atoms with Crippen molar-refractivity contribution in [3.8, 4) is 0 Å². The number of carbonyl (C=O) groups excluding carboxylic acids is 1. The van der Waals surface area contributed by atoms with Gasteiger partial charge in [0.15, 0.2) is 0 Å². The van der Waals surface area contributed by atoms with Gasteiger partial charge in [-0.05, 0) is 74.4 Å². The highest BCUT2D eigenvalue weighted by atomic mass is 32.2. The third-order valence-electron chi connectivity index (χ3n) is 6.75. The second-order valence-corrected chi connectivity index (χ2v) is 12.2. The minimum Gasteiger partial charge on any atom is -0.387 e. The van der Waals surface area contributed by atoms with Crippen LogP contribution in [0.3, 0.4) is 0 Å². The molecule has 1 amide bonds. The minimum atomic E-state index is -3.71. The fourth-order valence-electron chi connectivity index (χ4n) is 4.39. The lowest BCUT2D eigenvalue weighted by atomic mass is 9.99. The normalized spacial score (nSPS) is 12.8. The van der Waals surface area contributed by atoms with Gasteiger partial charge in [0.2, 0.25) is 0 Å². The van der Waals surface area contributed by atoms with E-state index in [1.807, 2.05) is 30.5 Å². The molecule has 0 bridgehead atoms. The number of anilines is 1. The van der Waals surface area contributed by atoms with Crippen molar-refractivity contribution < 1.29 is 18.3 Å². The molecule has 0 spiro atoms. The van der Waals surface area contributed by atoms with Crippen LogP contribution in [0.25, 0.3) is 10.9 Å². The summed E-state index contributed by atoms with van der Waals surface area (Å²) in [6.45, 7) is 5.25. The first kappa shape index (κ1) is 28.4. The number of fused-ring (bicyclic) bond motifs is 1. The zero-order valence-corrected chi connectivity index (χ0v) is 23.6. The number of β-amino-alcohol motifs (C(OH)–C–C–N with tert-alkyl or cyclic N) is 1. The number of hydrogen-bond donors (Lipinski definition) is 3. The molecule has 1 unspecified atom stereocenters. The van der Waals surface area contributed by atoms with E-state index < -0.39 is 16.1 Å². The number of benzene rings is 3. The van der Waals surface area contributed by atoms with Crippen LogP contribution in [0.2, 0.25) is 0 Å².